The molecule has 0 aliphatic carbocycles. The molecular formula is C18H13BrClF. The summed E-state index contributed by atoms with van der Waals surface area (Å²) in [5.41, 5.74) is 3.04. The molecule has 0 fully saturated rings. The first-order valence-corrected chi connectivity index (χ1v) is 7.95. The molecule has 3 rings (SSSR count). The Balaban J connectivity index is 2.21. The SMILES string of the molecule is Cc1cccc(C(Br)c2ccc(F)c3ccccc23)c1Cl. The minimum absolute atomic E-state index is 0.0737. The maximum absolute atomic E-state index is 13.9. The van der Waals surface area contributed by atoms with Crippen LogP contribution in [0, 0.1) is 12.7 Å². The molecule has 0 saturated heterocycles. The fraction of sp³-hybridized carbons (Fsp3) is 0.111. The van der Waals surface area contributed by atoms with Crippen molar-refractivity contribution in [1.82, 2.24) is 0 Å². The smallest absolute Gasteiger partial charge is 0.131 e. The fourth-order valence-corrected chi connectivity index (χ4v) is 3.69. The second kappa shape index (κ2) is 5.78. The molecule has 3 heteroatoms. The van der Waals surface area contributed by atoms with E-state index in [0.29, 0.717) is 5.39 Å². The third kappa shape index (κ3) is 2.58. The van der Waals surface area contributed by atoms with Gasteiger partial charge in [-0.05, 0) is 35.1 Å². The molecule has 0 heterocycles. The van der Waals surface area contributed by atoms with Crippen molar-refractivity contribution in [3.8, 4) is 0 Å². The summed E-state index contributed by atoms with van der Waals surface area (Å²) in [5, 5.41) is 2.27. The first kappa shape index (κ1) is 14.6. The van der Waals surface area contributed by atoms with E-state index in [0.717, 1.165) is 27.1 Å². The first-order chi connectivity index (χ1) is 10.1. The van der Waals surface area contributed by atoms with E-state index in [1.54, 1.807) is 6.07 Å². The average Bonchev–Trinajstić information content (AvgIpc) is 2.50. The molecule has 0 amide bonds. The van der Waals surface area contributed by atoms with Crippen molar-refractivity contribution in [2.24, 2.45) is 0 Å². The van der Waals surface area contributed by atoms with Gasteiger partial charge in [-0.1, -0.05) is 76.1 Å². The van der Waals surface area contributed by atoms with Crippen LogP contribution in [0.5, 0.6) is 0 Å². The van der Waals surface area contributed by atoms with Crippen LogP contribution in [0.15, 0.2) is 54.6 Å². The van der Waals surface area contributed by atoms with Gasteiger partial charge in [0.25, 0.3) is 0 Å². The van der Waals surface area contributed by atoms with E-state index in [2.05, 4.69) is 15.9 Å². The Morgan fingerprint density at radius 3 is 2.38 bits per heavy atom. The summed E-state index contributed by atoms with van der Waals surface area (Å²) in [4.78, 5) is -0.0737. The van der Waals surface area contributed by atoms with Crippen LogP contribution in [0.3, 0.4) is 0 Å². The Kier molecular flexibility index (Phi) is 4.01. The van der Waals surface area contributed by atoms with E-state index in [1.807, 2.05) is 49.4 Å². The highest BCUT2D eigenvalue weighted by Gasteiger charge is 2.18. The van der Waals surface area contributed by atoms with E-state index >= 15 is 0 Å². The van der Waals surface area contributed by atoms with Gasteiger partial charge in [0.05, 0.1) is 4.83 Å². The largest absolute Gasteiger partial charge is 0.206 e. The monoisotopic (exact) mass is 362 g/mol. The molecule has 0 aliphatic heterocycles. The zero-order valence-corrected chi connectivity index (χ0v) is 13.7. The molecule has 1 unspecified atom stereocenters. The van der Waals surface area contributed by atoms with Crippen LogP contribution in [-0.4, -0.2) is 0 Å². The van der Waals surface area contributed by atoms with Crippen LogP contribution >= 0.6 is 27.5 Å². The van der Waals surface area contributed by atoms with Gasteiger partial charge in [-0.3, -0.25) is 0 Å². The second-order valence-corrected chi connectivity index (χ2v) is 6.32. The molecule has 3 aromatic rings. The Hall–Kier alpha value is -1.38. The molecule has 0 N–H and O–H groups in total. The van der Waals surface area contributed by atoms with Crippen LogP contribution < -0.4 is 0 Å². The number of halogens is 3. The molecule has 106 valence electrons. The van der Waals surface area contributed by atoms with Crippen LogP contribution in [0.2, 0.25) is 5.02 Å². The lowest BCUT2D eigenvalue weighted by Crippen LogP contribution is -1.97. The summed E-state index contributed by atoms with van der Waals surface area (Å²) >= 11 is 10.1. The molecule has 0 aromatic heterocycles. The number of hydrogen-bond acceptors (Lipinski definition) is 0. The normalized spacial score (nSPS) is 12.6. The van der Waals surface area contributed by atoms with Crippen molar-refractivity contribution in [3.63, 3.8) is 0 Å². The lowest BCUT2D eigenvalue weighted by molar-refractivity contribution is 0.639. The summed E-state index contributed by atoms with van der Waals surface area (Å²) in [7, 11) is 0. The standard InChI is InChI=1S/C18H13BrClF/c1-11-5-4-8-15(18(11)20)17(19)14-9-10-16(21)13-7-3-2-6-12(13)14/h2-10,17H,1H3. The molecule has 0 nitrogen and oxygen atoms in total. The molecule has 0 aliphatic rings. The topological polar surface area (TPSA) is 0 Å². The number of aryl methyl sites for hydroxylation is 1. The van der Waals surface area contributed by atoms with E-state index < -0.39 is 0 Å². The Morgan fingerprint density at radius 1 is 0.905 bits per heavy atom. The van der Waals surface area contributed by atoms with Gasteiger partial charge in [-0.15, -0.1) is 0 Å². The van der Waals surface area contributed by atoms with Gasteiger partial charge in [0, 0.05) is 10.4 Å². The van der Waals surface area contributed by atoms with E-state index in [4.69, 9.17) is 11.6 Å². The highest BCUT2D eigenvalue weighted by molar-refractivity contribution is 9.09. The Morgan fingerprint density at radius 2 is 1.62 bits per heavy atom. The minimum atomic E-state index is -0.204. The Labute approximate surface area is 136 Å². The molecule has 0 radical (unpaired) electrons. The van der Waals surface area contributed by atoms with Crippen LogP contribution in [0.1, 0.15) is 21.5 Å². The minimum Gasteiger partial charge on any atom is -0.206 e. The quantitative estimate of drug-likeness (QED) is 0.460. The molecule has 3 aromatic carbocycles. The first-order valence-electron chi connectivity index (χ1n) is 6.66. The lowest BCUT2D eigenvalue weighted by Gasteiger charge is -2.16. The number of fused-ring (bicyclic) bond motifs is 1. The molecule has 0 bridgehead atoms. The predicted octanol–water partition coefficient (Wildman–Crippen LogP) is 6.43. The van der Waals surface area contributed by atoms with Gasteiger partial charge in [-0.2, -0.15) is 0 Å². The number of benzene rings is 3. The maximum atomic E-state index is 13.9. The van der Waals surface area contributed by atoms with Crippen molar-refractivity contribution in [1.29, 1.82) is 0 Å². The highest BCUT2D eigenvalue weighted by Crippen LogP contribution is 2.39. The van der Waals surface area contributed by atoms with E-state index in [9.17, 15) is 4.39 Å². The summed E-state index contributed by atoms with van der Waals surface area (Å²) in [5.74, 6) is -0.204. The van der Waals surface area contributed by atoms with Gasteiger partial charge in [-0.25, -0.2) is 4.39 Å². The highest BCUT2D eigenvalue weighted by atomic mass is 79.9. The summed E-state index contributed by atoms with van der Waals surface area (Å²) in [6.07, 6.45) is 0. The third-order valence-corrected chi connectivity index (χ3v) is 5.18. The predicted molar refractivity (Wildman–Crippen MR) is 90.9 cm³/mol. The van der Waals surface area contributed by atoms with Crippen molar-refractivity contribution in [2.75, 3.05) is 0 Å². The number of rotatable bonds is 2. The van der Waals surface area contributed by atoms with Gasteiger partial charge >= 0.3 is 0 Å². The average molecular weight is 364 g/mol. The number of hydrogen-bond donors (Lipinski definition) is 0. The zero-order chi connectivity index (χ0) is 15.0. The van der Waals surface area contributed by atoms with Gasteiger partial charge in [0.1, 0.15) is 5.82 Å². The van der Waals surface area contributed by atoms with E-state index in [-0.39, 0.29) is 10.6 Å². The zero-order valence-electron chi connectivity index (χ0n) is 11.4. The molecular weight excluding hydrogens is 351 g/mol. The second-order valence-electron chi connectivity index (χ2n) is 5.02. The molecule has 0 spiro atoms. The molecule has 21 heavy (non-hydrogen) atoms. The van der Waals surface area contributed by atoms with Crippen molar-refractivity contribution in [2.45, 2.75) is 11.8 Å². The van der Waals surface area contributed by atoms with Crippen molar-refractivity contribution >= 4 is 38.3 Å². The van der Waals surface area contributed by atoms with Gasteiger partial charge in [0.15, 0.2) is 0 Å². The van der Waals surface area contributed by atoms with Gasteiger partial charge < -0.3 is 0 Å². The van der Waals surface area contributed by atoms with Crippen molar-refractivity contribution < 1.29 is 4.39 Å². The maximum Gasteiger partial charge on any atom is 0.131 e. The van der Waals surface area contributed by atoms with Gasteiger partial charge in [0.2, 0.25) is 0 Å². The van der Waals surface area contributed by atoms with Crippen molar-refractivity contribution in [3.05, 3.63) is 82.1 Å². The van der Waals surface area contributed by atoms with Crippen LogP contribution in [-0.2, 0) is 0 Å². The molecule has 0 saturated carbocycles. The van der Waals surface area contributed by atoms with Crippen LogP contribution in [0.4, 0.5) is 4.39 Å². The third-order valence-electron chi connectivity index (χ3n) is 3.67. The van der Waals surface area contributed by atoms with E-state index in [1.165, 1.54) is 6.07 Å². The van der Waals surface area contributed by atoms with Crippen LogP contribution in [0.25, 0.3) is 10.8 Å². The lowest BCUT2D eigenvalue weighted by atomic mass is 9.97. The summed E-state index contributed by atoms with van der Waals surface area (Å²) in [6.45, 7) is 1.98. The number of alkyl halides is 1. The molecule has 1 atom stereocenters. The fourth-order valence-electron chi connectivity index (χ4n) is 2.54. The summed E-state index contributed by atoms with van der Waals surface area (Å²) in [6, 6.07) is 16.8. The Bertz CT molecular complexity index is 813. The summed E-state index contributed by atoms with van der Waals surface area (Å²) < 4.78 is 13.9.